The lowest BCUT2D eigenvalue weighted by atomic mass is 9.33. The molecule has 0 amide bonds. The van der Waals surface area contributed by atoms with Gasteiger partial charge in [-0.25, -0.2) is 0 Å². The number of carbonyl (C=O) groups is 1. The highest BCUT2D eigenvalue weighted by Gasteiger charge is 2.70. The van der Waals surface area contributed by atoms with E-state index in [2.05, 4.69) is 40.7 Å². The van der Waals surface area contributed by atoms with Crippen LogP contribution in [0, 0.1) is 56.7 Å². The summed E-state index contributed by atoms with van der Waals surface area (Å²) in [4.78, 5) is 12.8. The van der Waals surface area contributed by atoms with Crippen LogP contribution in [0.1, 0.15) is 92.9 Å². The van der Waals surface area contributed by atoms with Crippen molar-refractivity contribution in [1.29, 1.82) is 0 Å². The van der Waals surface area contributed by atoms with Gasteiger partial charge in [0, 0.05) is 5.41 Å². The van der Waals surface area contributed by atoms with Crippen LogP contribution < -0.4 is 0 Å². The van der Waals surface area contributed by atoms with Gasteiger partial charge in [-0.15, -0.1) is 0 Å². The van der Waals surface area contributed by atoms with Crippen molar-refractivity contribution < 1.29 is 35.4 Å². The molecule has 0 spiro atoms. The number of aliphatic carboxylic acids is 1. The number of rotatable bonds is 3. The first-order valence-corrected chi connectivity index (χ1v) is 15.3. The number of fused-ring (bicyclic) bond motifs is 7. The van der Waals surface area contributed by atoms with Crippen LogP contribution in [-0.4, -0.2) is 68.6 Å². The normalized spacial score (nSPS) is 52.6. The third-order valence-electron chi connectivity index (χ3n) is 13.6. The van der Waals surface area contributed by atoms with Gasteiger partial charge in [-0.1, -0.05) is 53.2 Å². The number of hydrogen-bond acceptors (Lipinski definition) is 6. The summed E-state index contributed by atoms with van der Waals surface area (Å²) in [7, 11) is 0. The number of aliphatic hydroxyl groups is 5. The second-order valence-corrected chi connectivity index (χ2v) is 14.9. The van der Waals surface area contributed by atoms with E-state index in [1.807, 2.05) is 6.92 Å². The molecule has 7 nitrogen and oxygen atoms in total. The van der Waals surface area contributed by atoms with E-state index in [-0.39, 0.29) is 47.9 Å². The lowest BCUT2D eigenvalue weighted by Gasteiger charge is -2.71. The lowest BCUT2D eigenvalue weighted by molar-refractivity contribution is -0.244. The monoisotopic (exact) mass is 550 g/mol. The number of carboxylic acid groups (broad SMARTS) is 1. The summed E-state index contributed by atoms with van der Waals surface area (Å²) in [6.45, 7) is 13.4. The minimum Gasteiger partial charge on any atom is -0.481 e. The molecule has 0 aliphatic heterocycles. The van der Waals surface area contributed by atoms with Crippen LogP contribution in [0.2, 0.25) is 0 Å². The van der Waals surface area contributed by atoms with Gasteiger partial charge in [-0.3, -0.25) is 4.79 Å². The number of hydrogen-bond donors (Lipinski definition) is 6. The maximum absolute atomic E-state index is 12.8. The van der Waals surface area contributed by atoms with Gasteiger partial charge in [0.1, 0.15) is 0 Å². The maximum atomic E-state index is 12.8. The number of carboxylic acids is 1. The average molecular weight is 551 g/mol. The summed E-state index contributed by atoms with van der Waals surface area (Å²) < 4.78 is 0. The largest absolute Gasteiger partial charge is 0.481 e. The Kier molecular flexibility index (Phi) is 8.24. The summed E-state index contributed by atoms with van der Waals surface area (Å²) in [5, 5.41) is 58.1. The van der Waals surface area contributed by atoms with Gasteiger partial charge in [0.2, 0.25) is 0 Å². The summed E-state index contributed by atoms with van der Waals surface area (Å²) >= 11 is 0. The molecule has 0 aromatic heterocycles. The molecule has 39 heavy (non-hydrogen) atoms. The van der Waals surface area contributed by atoms with Crippen molar-refractivity contribution in [2.45, 2.75) is 105 Å². The molecule has 0 aromatic rings. The predicted octanol–water partition coefficient (Wildman–Crippen LogP) is 4.00. The van der Waals surface area contributed by atoms with Crippen molar-refractivity contribution >= 4 is 5.97 Å². The molecule has 0 heterocycles. The topological polar surface area (TPSA) is 138 Å². The summed E-state index contributed by atoms with van der Waals surface area (Å²) in [5.41, 5.74) is -0.214. The Morgan fingerprint density at radius 3 is 2.13 bits per heavy atom. The minimum absolute atomic E-state index is 0.00815. The van der Waals surface area contributed by atoms with Gasteiger partial charge in [0.25, 0.3) is 0 Å². The maximum Gasteiger partial charge on any atom is 0.310 e. The fourth-order valence-electron chi connectivity index (χ4n) is 11.0. The van der Waals surface area contributed by atoms with Crippen LogP contribution in [-0.2, 0) is 4.79 Å². The van der Waals surface area contributed by atoms with Crippen molar-refractivity contribution in [3.63, 3.8) is 0 Å². The quantitative estimate of drug-likeness (QED) is 0.292. The predicted molar refractivity (Wildman–Crippen MR) is 150 cm³/mol. The fourth-order valence-corrected chi connectivity index (χ4v) is 11.0. The Morgan fingerprint density at radius 2 is 1.56 bits per heavy atom. The first-order valence-electron chi connectivity index (χ1n) is 15.3. The van der Waals surface area contributed by atoms with Gasteiger partial charge < -0.3 is 30.6 Å². The molecule has 12 atom stereocenters. The first kappa shape index (κ1) is 31.0. The third kappa shape index (κ3) is 4.11. The Labute approximate surface area is 234 Å². The van der Waals surface area contributed by atoms with Gasteiger partial charge in [0.05, 0.1) is 37.4 Å². The third-order valence-corrected chi connectivity index (χ3v) is 13.6. The van der Waals surface area contributed by atoms with Gasteiger partial charge in [-0.2, -0.15) is 0 Å². The molecular weight excluding hydrogens is 496 g/mol. The number of aliphatic hydroxyl groups excluding tert-OH is 5. The van der Waals surface area contributed by atoms with Crippen molar-refractivity contribution in [2.24, 2.45) is 56.7 Å². The van der Waals surface area contributed by atoms with E-state index >= 15 is 0 Å². The highest BCUT2D eigenvalue weighted by atomic mass is 16.4. The van der Waals surface area contributed by atoms with Crippen LogP contribution in [0.4, 0.5) is 0 Å². The molecule has 224 valence electrons. The molecule has 5 aliphatic rings. The zero-order valence-corrected chi connectivity index (χ0v) is 25.0. The molecule has 0 unspecified atom stereocenters. The molecule has 0 radical (unpaired) electrons. The van der Waals surface area contributed by atoms with Gasteiger partial charge >= 0.3 is 5.97 Å². The van der Waals surface area contributed by atoms with Crippen molar-refractivity contribution in [1.82, 2.24) is 0 Å². The molecule has 4 saturated carbocycles. The van der Waals surface area contributed by atoms with Crippen molar-refractivity contribution in [3.05, 3.63) is 11.6 Å². The molecule has 5 aliphatic carbocycles. The molecule has 0 bridgehead atoms. The van der Waals surface area contributed by atoms with Gasteiger partial charge in [0.15, 0.2) is 0 Å². The van der Waals surface area contributed by atoms with E-state index in [9.17, 15) is 25.2 Å². The highest BCUT2D eigenvalue weighted by molar-refractivity contribution is 5.76. The van der Waals surface area contributed by atoms with E-state index in [1.165, 1.54) is 5.57 Å². The SMILES string of the molecule is C[C@H]1[C@H](C)CC[C@]2(C(=O)O)CC[C@]3(C)C(=CC[C@@H]4[C@@]5(C)C[C@@H](O)[C@H](O)[C@@](C)(CO)[C@@H]5CC[C@]43C)[C@H]12.OCCO. The molecule has 7 heteroatoms. The smallest absolute Gasteiger partial charge is 0.310 e. The Bertz CT molecular complexity index is 964. The van der Waals surface area contributed by atoms with Crippen LogP contribution in [0.15, 0.2) is 11.6 Å². The first-order chi connectivity index (χ1) is 18.1. The van der Waals surface area contributed by atoms with E-state index in [0.717, 1.165) is 44.9 Å². The van der Waals surface area contributed by atoms with Crippen LogP contribution in [0.3, 0.4) is 0 Å². The van der Waals surface area contributed by atoms with E-state index < -0.39 is 29.0 Å². The van der Waals surface area contributed by atoms with Crippen LogP contribution in [0.25, 0.3) is 0 Å². The summed E-state index contributed by atoms with van der Waals surface area (Å²) in [6.07, 6.45) is 7.51. The zero-order valence-electron chi connectivity index (χ0n) is 25.0. The van der Waals surface area contributed by atoms with Crippen LogP contribution in [0.5, 0.6) is 0 Å². The van der Waals surface area contributed by atoms with Crippen molar-refractivity contribution in [2.75, 3.05) is 19.8 Å². The summed E-state index contributed by atoms with van der Waals surface area (Å²) in [6, 6.07) is 0. The fraction of sp³-hybridized carbons (Fsp3) is 0.906. The zero-order chi connectivity index (χ0) is 29.2. The molecule has 0 saturated heterocycles. The van der Waals surface area contributed by atoms with E-state index in [4.69, 9.17) is 10.2 Å². The van der Waals surface area contributed by atoms with Crippen molar-refractivity contribution in [3.8, 4) is 0 Å². The second kappa shape index (κ2) is 10.4. The molecule has 6 N–H and O–H groups in total. The second-order valence-electron chi connectivity index (χ2n) is 14.9. The van der Waals surface area contributed by atoms with E-state index in [0.29, 0.717) is 24.2 Å². The lowest BCUT2D eigenvalue weighted by Crippen LogP contribution is -2.68. The van der Waals surface area contributed by atoms with Gasteiger partial charge in [-0.05, 0) is 97.2 Å². The van der Waals surface area contributed by atoms with Crippen LogP contribution >= 0.6 is 0 Å². The molecule has 0 aromatic carbocycles. The highest BCUT2D eigenvalue weighted by Crippen LogP contribution is 2.75. The molecule has 5 rings (SSSR count). The molecule has 4 fully saturated rings. The summed E-state index contributed by atoms with van der Waals surface area (Å²) in [5.74, 6) is 0.828. The Hall–Kier alpha value is -0.990. The standard InChI is InChI=1S/C30H48O5.C2H6O2/c1-17-9-12-30(25(34)35)14-13-28(5)19(23(30)18(17)2)7-8-22-26(3)15-20(32)24(33)27(4,16-31)21(26)10-11-29(22,28)6;3-1-2-4/h7,17-18,20-24,31-33H,8-16H2,1-6H3,(H,34,35);3-4H,1-2H2/t17-,18+,20-,21-,22-,23+,24+,26+,27+,28-,29-,30+;/m1./s1. The Balaban J connectivity index is 0.000000826. The number of allylic oxidation sites excluding steroid dienone is 2. The van der Waals surface area contributed by atoms with E-state index in [1.54, 1.807) is 0 Å². The molecular formula is C32H54O7. The Morgan fingerprint density at radius 1 is 0.923 bits per heavy atom. The average Bonchev–Trinajstić information content (AvgIpc) is 2.89. The minimum atomic E-state index is -0.907.